The van der Waals surface area contributed by atoms with Crippen molar-refractivity contribution in [2.24, 2.45) is 0 Å². The molecule has 3 rings (SSSR count). The van der Waals surface area contributed by atoms with E-state index in [-0.39, 0.29) is 0 Å². The van der Waals surface area contributed by atoms with Gasteiger partial charge in [0, 0.05) is 22.0 Å². The molecule has 1 unspecified atom stereocenters. The third-order valence-corrected chi connectivity index (χ3v) is 4.13. The average Bonchev–Trinajstić information content (AvgIpc) is 2.76. The lowest BCUT2D eigenvalue weighted by Crippen LogP contribution is -2.12. The second-order valence-corrected chi connectivity index (χ2v) is 5.64. The number of hydrogen-bond donors (Lipinski definition) is 1. The van der Waals surface area contributed by atoms with E-state index in [1.54, 1.807) is 12.1 Å². The minimum Gasteiger partial charge on any atom is -0.388 e. The zero-order valence-corrected chi connectivity index (χ0v) is 12.0. The van der Waals surface area contributed by atoms with Crippen molar-refractivity contribution in [3.63, 3.8) is 0 Å². The third kappa shape index (κ3) is 2.02. The number of benzene rings is 1. The van der Waals surface area contributed by atoms with E-state index in [2.05, 4.69) is 10.6 Å². The highest BCUT2D eigenvalue weighted by Crippen LogP contribution is 2.35. The van der Waals surface area contributed by atoms with Gasteiger partial charge >= 0.3 is 0 Å². The lowest BCUT2D eigenvalue weighted by molar-refractivity contribution is 0.156. The number of aromatic nitrogens is 1. The Kier molecular flexibility index (Phi) is 3.29. The predicted molar refractivity (Wildman–Crippen MR) is 78.1 cm³/mol. The van der Waals surface area contributed by atoms with Crippen LogP contribution in [0, 0.1) is 18.3 Å². The fourth-order valence-corrected chi connectivity index (χ4v) is 3.16. The lowest BCUT2D eigenvalue weighted by atomic mass is 9.95. The zero-order chi connectivity index (χ0) is 14.3. The van der Waals surface area contributed by atoms with Gasteiger partial charge in [-0.25, -0.2) is 0 Å². The second kappa shape index (κ2) is 4.97. The summed E-state index contributed by atoms with van der Waals surface area (Å²) in [5.41, 5.74) is 4.50. The molecule has 0 amide bonds. The maximum Gasteiger partial charge on any atom is 0.101 e. The summed E-state index contributed by atoms with van der Waals surface area (Å²) in [6.45, 7) is 1.99. The number of aliphatic hydroxyl groups is 1. The summed E-state index contributed by atoms with van der Waals surface area (Å²) < 4.78 is 2.06. The number of nitriles is 1. The normalized spacial score (nSPS) is 17.6. The molecule has 1 atom stereocenters. The van der Waals surface area contributed by atoms with Crippen molar-refractivity contribution in [3.8, 4) is 11.8 Å². The summed E-state index contributed by atoms with van der Waals surface area (Å²) in [5.74, 6) is 0. The van der Waals surface area contributed by atoms with Crippen molar-refractivity contribution in [3.05, 3.63) is 51.8 Å². The van der Waals surface area contributed by atoms with Gasteiger partial charge in [0.05, 0.1) is 17.4 Å². The van der Waals surface area contributed by atoms with Gasteiger partial charge in [-0.3, -0.25) is 0 Å². The van der Waals surface area contributed by atoms with E-state index in [1.165, 1.54) is 0 Å². The molecule has 0 bridgehead atoms. The van der Waals surface area contributed by atoms with Gasteiger partial charge in [-0.15, -0.1) is 0 Å². The van der Waals surface area contributed by atoms with Crippen molar-refractivity contribution in [1.82, 2.24) is 4.57 Å². The topological polar surface area (TPSA) is 49.0 Å². The Hall–Kier alpha value is -1.76. The van der Waals surface area contributed by atoms with E-state index in [1.807, 2.05) is 19.1 Å². The lowest BCUT2D eigenvalue weighted by Gasteiger charge is -2.21. The van der Waals surface area contributed by atoms with Crippen molar-refractivity contribution in [2.75, 3.05) is 0 Å². The van der Waals surface area contributed by atoms with E-state index in [4.69, 9.17) is 11.6 Å². The fraction of sp³-hybridized carbons (Fsp3) is 0.312. The molecular weight excluding hydrogens is 272 g/mol. The first-order chi connectivity index (χ1) is 9.61. The minimum absolute atomic E-state index is 0.400. The quantitative estimate of drug-likeness (QED) is 0.869. The molecule has 3 nitrogen and oxygen atoms in total. The molecule has 1 heterocycles. The Morgan fingerprint density at radius 1 is 1.40 bits per heavy atom. The molecule has 0 aliphatic heterocycles. The molecule has 1 N–H and O–H groups in total. The summed E-state index contributed by atoms with van der Waals surface area (Å²) in [5, 5.41) is 20.0. The summed E-state index contributed by atoms with van der Waals surface area (Å²) in [6, 6.07) is 9.51. The summed E-state index contributed by atoms with van der Waals surface area (Å²) >= 11 is 6.08. The Morgan fingerprint density at radius 3 is 2.95 bits per heavy atom. The number of aliphatic hydroxyl groups excluding tert-OH is 1. The molecule has 0 fully saturated rings. The van der Waals surface area contributed by atoms with Crippen LogP contribution in [0.25, 0.3) is 5.69 Å². The number of aryl methyl sites for hydroxylation is 1. The van der Waals surface area contributed by atoms with Crippen LogP contribution in [0.5, 0.6) is 0 Å². The summed E-state index contributed by atoms with van der Waals surface area (Å²) in [4.78, 5) is 0. The van der Waals surface area contributed by atoms with Gasteiger partial charge in [0.25, 0.3) is 0 Å². The van der Waals surface area contributed by atoms with Crippen LogP contribution in [-0.4, -0.2) is 9.67 Å². The number of halogens is 1. The molecule has 0 saturated heterocycles. The van der Waals surface area contributed by atoms with Crippen molar-refractivity contribution in [2.45, 2.75) is 32.3 Å². The number of hydrogen-bond acceptors (Lipinski definition) is 2. The minimum atomic E-state index is -0.400. The van der Waals surface area contributed by atoms with Gasteiger partial charge in [-0.1, -0.05) is 11.6 Å². The molecule has 102 valence electrons. The zero-order valence-electron chi connectivity index (χ0n) is 11.2. The van der Waals surface area contributed by atoms with E-state index in [9.17, 15) is 10.4 Å². The van der Waals surface area contributed by atoms with Crippen LogP contribution >= 0.6 is 11.6 Å². The van der Waals surface area contributed by atoms with Crippen molar-refractivity contribution in [1.29, 1.82) is 5.26 Å². The van der Waals surface area contributed by atoms with E-state index < -0.39 is 6.10 Å². The Bertz CT molecular complexity index is 712. The van der Waals surface area contributed by atoms with Gasteiger partial charge in [0.15, 0.2) is 0 Å². The molecule has 20 heavy (non-hydrogen) atoms. The van der Waals surface area contributed by atoms with Gasteiger partial charge < -0.3 is 9.67 Å². The maximum atomic E-state index is 10.1. The van der Waals surface area contributed by atoms with Crippen LogP contribution in [0.1, 0.15) is 41.5 Å². The molecule has 1 aliphatic rings. The molecule has 4 heteroatoms. The maximum absolute atomic E-state index is 10.1. The molecule has 1 aliphatic carbocycles. The first-order valence-electron chi connectivity index (χ1n) is 6.71. The SMILES string of the molecule is Cc1cc2c(n1-c1cc(Cl)ccc1C#N)CCCC2O. The monoisotopic (exact) mass is 286 g/mol. The molecule has 0 spiro atoms. The van der Waals surface area contributed by atoms with Gasteiger partial charge in [-0.2, -0.15) is 5.26 Å². The van der Waals surface area contributed by atoms with Gasteiger partial charge in [-0.05, 0) is 50.5 Å². The molecule has 1 aromatic heterocycles. The van der Waals surface area contributed by atoms with Crippen molar-refractivity contribution >= 4 is 11.6 Å². The van der Waals surface area contributed by atoms with Crippen LogP contribution in [-0.2, 0) is 6.42 Å². The number of nitrogens with zero attached hydrogens (tertiary/aromatic N) is 2. The van der Waals surface area contributed by atoms with E-state index in [0.717, 1.165) is 41.9 Å². The fourth-order valence-electron chi connectivity index (χ4n) is 3.00. The largest absolute Gasteiger partial charge is 0.388 e. The molecule has 1 aromatic carbocycles. The standard InChI is InChI=1S/C16H15ClN2O/c1-10-7-13-14(3-2-4-16(13)20)19(10)15-8-12(17)6-5-11(15)9-18/h5-8,16,20H,2-4H2,1H3. The average molecular weight is 287 g/mol. The highest BCUT2D eigenvalue weighted by molar-refractivity contribution is 6.30. The highest BCUT2D eigenvalue weighted by atomic mass is 35.5. The predicted octanol–water partition coefficient (Wildman–Crippen LogP) is 3.68. The number of fused-ring (bicyclic) bond motifs is 1. The van der Waals surface area contributed by atoms with Crippen LogP contribution in [0.4, 0.5) is 0 Å². The Balaban J connectivity index is 2.26. The molecule has 2 aromatic rings. The van der Waals surface area contributed by atoms with E-state index in [0.29, 0.717) is 10.6 Å². The second-order valence-electron chi connectivity index (χ2n) is 5.20. The first kappa shape index (κ1) is 13.2. The highest BCUT2D eigenvalue weighted by Gasteiger charge is 2.24. The Labute approximate surface area is 123 Å². The van der Waals surface area contributed by atoms with Crippen molar-refractivity contribution < 1.29 is 5.11 Å². The van der Waals surface area contributed by atoms with E-state index >= 15 is 0 Å². The molecule has 0 saturated carbocycles. The van der Waals surface area contributed by atoms with Gasteiger partial charge in [0.2, 0.25) is 0 Å². The van der Waals surface area contributed by atoms with Crippen LogP contribution in [0.15, 0.2) is 24.3 Å². The molecular formula is C16H15ClN2O. The summed E-state index contributed by atoms with van der Waals surface area (Å²) in [7, 11) is 0. The van der Waals surface area contributed by atoms with Crippen LogP contribution in [0.3, 0.4) is 0 Å². The van der Waals surface area contributed by atoms with Crippen LogP contribution in [0.2, 0.25) is 5.02 Å². The first-order valence-corrected chi connectivity index (χ1v) is 7.09. The van der Waals surface area contributed by atoms with Gasteiger partial charge in [0.1, 0.15) is 6.07 Å². The third-order valence-electron chi connectivity index (χ3n) is 3.89. The Morgan fingerprint density at radius 2 is 2.20 bits per heavy atom. The molecule has 0 radical (unpaired) electrons. The smallest absolute Gasteiger partial charge is 0.101 e. The van der Waals surface area contributed by atoms with Crippen LogP contribution < -0.4 is 0 Å². The number of rotatable bonds is 1. The summed E-state index contributed by atoms with van der Waals surface area (Å²) in [6.07, 6.45) is 2.28.